The number of piperazine rings is 1. The molecule has 9 nitrogen and oxygen atoms in total. The molecule has 1 aromatic carbocycles. The van der Waals surface area contributed by atoms with Gasteiger partial charge >= 0.3 is 0 Å². The first-order chi connectivity index (χ1) is 16.1. The van der Waals surface area contributed by atoms with Crippen molar-refractivity contribution < 1.29 is 0 Å². The Kier molecular flexibility index (Phi) is 7.47. The summed E-state index contributed by atoms with van der Waals surface area (Å²) in [6.07, 6.45) is 3.36. The van der Waals surface area contributed by atoms with Crippen molar-refractivity contribution in [3.05, 3.63) is 53.4 Å². The van der Waals surface area contributed by atoms with Crippen LogP contribution in [0.1, 0.15) is 5.56 Å². The summed E-state index contributed by atoms with van der Waals surface area (Å²) in [7, 11) is 3.81. The van der Waals surface area contributed by atoms with Gasteiger partial charge in [-0.15, -0.1) is 12.4 Å². The molecule has 3 aromatic heterocycles. The zero-order valence-corrected chi connectivity index (χ0v) is 20.6. The second-order valence-corrected chi connectivity index (χ2v) is 8.65. The molecule has 0 atom stereocenters. The van der Waals surface area contributed by atoms with Crippen LogP contribution in [0.5, 0.6) is 0 Å². The molecule has 178 valence electrons. The third-order valence-electron chi connectivity index (χ3n) is 5.64. The standard InChI is InChI=1S/C23H26ClN9.ClH/c1-32(2)22-20(24)21(27-14-28-22)16-3-4-17-18(12-16)30-23(29-17)31-19-11-15(5-6-26-19)13-33-9-7-25-8-10-33;/h3-6,11-12,14,25H,7-10,13H2,1-2H3,(H2,26,29,30,31);1H. The minimum atomic E-state index is 0. The molecule has 1 aliphatic heterocycles. The molecule has 3 N–H and O–H groups in total. The molecule has 1 saturated heterocycles. The van der Waals surface area contributed by atoms with E-state index in [9.17, 15) is 0 Å². The van der Waals surface area contributed by atoms with Crippen LogP contribution in [-0.2, 0) is 6.54 Å². The molecule has 11 heteroatoms. The van der Waals surface area contributed by atoms with Crippen molar-refractivity contribution in [3.63, 3.8) is 0 Å². The van der Waals surface area contributed by atoms with Crippen molar-refractivity contribution in [2.24, 2.45) is 0 Å². The van der Waals surface area contributed by atoms with Crippen LogP contribution < -0.4 is 15.5 Å². The van der Waals surface area contributed by atoms with Gasteiger partial charge in [0.1, 0.15) is 17.2 Å². The second-order valence-electron chi connectivity index (χ2n) is 8.27. The second kappa shape index (κ2) is 10.5. The van der Waals surface area contributed by atoms with Gasteiger partial charge in [-0.2, -0.15) is 0 Å². The lowest BCUT2D eigenvalue weighted by atomic mass is 10.1. The van der Waals surface area contributed by atoms with Crippen LogP contribution >= 0.6 is 24.0 Å². The molecule has 34 heavy (non-hydrogen) atoms. The summed E-state index contributed by atoms with van der Waals surface area (Å²) in [5.74, 6) is 2.08. The van der Waals surface area contributed by atoms with Gasteiger partial charge in [0.05, 0.1) is 16.7 Å². The van der Waals surface area contributed by atoms with Gasteiger partial charge in [-0.3, -0.25) is 4.90 Å². The smallest absolute Gasteiger partial charge is 0.206 e. The number of nitrogens with zero attached hydrogens (tertiary/aromatic N) is 6. The highest BCUT2D eigenvalue weighted by Gasteiger charge is 2.14. The summed E-state index contributed by atoms with van der Waals surface area (Å²) >= 11 is 6.57. The number of aromatic nitrogens is 5. The van der Waals surface area contributed by atoms with Gasteiger partial charge in [-0.1, -0.05) is 17.7 Å². The predicted octanol–water partition coefficient (Wildman–Crippen LogP) is 3.70. The minimum absolute atomic E-state index is 0. The summed E-state index contributed by atoms with van der Waals surface area (Å²) < 4.78 is 0. The van der Waals surface area contributed by atoms with Crippen LogP contribution in [0.25, 0.3) is 22.3 Å². The van der Waals surface area contributed by atoms with Gasteiger partial charge in [0.2, 0.25) is 5.95 Å². The first-order valence-corrected chi connectivity index (χ1v) is 11.3. The van der Waals surface area contributed by atoms with Crippen LogP contribution in [-0.4, -0.2) is 70.1 Å². The maximum Gasteiger partial charge on any atom is 0.206 e. The van der Waals surface area contributed by atoms with Gasteiger partial charge in [0, 0.05) is 58.6 Å². The molecule has 0 bridgehead atoms. The van der Waals surface area contributed by atoms with E-state index in [-0.39, 0.29) is 12.4 Å². The molecule has 0 unspecified atom stereocenters. The highest BCUT2D eigenvalue weighted by Crippen LogP contribution is 2.33. The fourth-order valence-electron chi connectivity index (χ4n) is 3.98. The van der Waals surface area contributed by atoms with E-state index in [0.717, 1.165) is 55.1 Å². The van der Waals surface area contributed by atoms with Crippen molar-refractivity contribution in [2.45, 2.75) is 6.54 Å². The molecule has 0 spiro atoms. The molecular weight excluding hydrogens is 473 g/mol. The third kappa shape index (κ3) is 5.23. The fourth-order valence-corrected chi connectivity index (χ4v) is 4.36. The number of hydrogen-bond donors (Lipinski definition) is 3. The lowest BCUT2D eigenvalue weighted by Gasteiger charge is -2.27. The topological polar surface area (TPSA) is 97.9 Å². The quantitative estimate of drug-likeness (QED) is 0.369. The number of fused-ring (bicyclic) bond motifs is 1. The lowest BCUT2D eigenvalue weighted by Crippen LogP contribution is -2.42. The Labute approximate surface area is 209 Å². The highest BCUT2D eigenvalue weighted by molar-refractivity contribution is 6.35. The normalized spacial score (nSPS) is 14.1. The number of hydrogen-bond acceptors (Lipinski definition) is 8. The van der Waals surface area contributed by atoms with Crippen LogP contribution in [0, 0.1) is 0 Å². The van der Waals surface area contributed by atoms with Gasteiger partial charge in [-0.25, -0.2) is 19.9 Å². The maximum absolute atomic E-state index is 6.57. The number of H-pyrrole nitrogens is 1. The Hall–Kier alpha value is -2.98. The largest absolute Gasteiger partial charge is 0.361 e. The van der Waals surface area contributed by atoms with Crippen LogP contribution in [0.2, 0.25) is 5.02 Å². The molecule has 0 saturated carbocycles. The fraction of sp³-hybridized carbons (Fsp3) is 0.304. The molecular formula is C23H27Cl2N9. The summed E-state index contributed by atoms with van der Waals surface area (Å²) in [6, 6.07) is 10.0. The average molecular weight is 500 g/mol. The molecule has 0 radical (unpaired) electrons. The summed E-state index contributed by atoms with van der Waals surface area (Å²) in [5, 5.41) is 7.20. The number of aromatic amines is 1. The van der Waals surface area contributed by atoms with E-state index >= 15 is 0 Å². The Bertz CT molecular complexity index is 1270. The monoisotopic (exact) mass is 499 g/mol. The SMILES string of the molecule is CN(C)c1ncnc(-c2ccc3nc(Nc4cc(CN5CCNCC5)ccn4)[nH]c3c2)c1Cl.Cl. The Morgan fingerprint density at radius 1 is 1.09 bits per heavy atom. The van der Waals surface area contributed by atoms with Gasteiger partial charge in [-0.05, 0) is 29.8 Å². The van der Waals surface area contributed by atoms with Crippen LogP contribution in [0.15, 0.2) is 42.9 Å². The Morgan fingerprint density at radius 3 is 2.71 bits per heavy atom. The lowest BCUT2D eigenvalue weighted by molar-refractivity contribution is 0.233. The van der Waals surface area contributed by atoms with Crippen molar-refractivity contribution >= 4 is 52.6 Å². The summed E-state index contributed by atoms with van der Waals surface area (Å²) in [4.78, 5) is 25.4. The van der Waals surface area contributed by atoms with Crippen molar-refractivity contribution in [3.8, 4) is 11.3 Å². The van der Waals surface area contributed by atoms with Crippen LogP contribution in [0.4, 0.5) is 17.6 Å². The number of imidazole rings is 1. The van der Waals surface area contributed by atoms with E-state index in [4.69, 9.17) is 11.6 Å². The number of rotatable bonds is 6. The molecule has 4 heterocycles. The van der Waals surface area contributed by atoms with E-state index < -0.39 is 0 Å². The van der Waals surface area contributed by atoms with E-state index in [2.05, 4.69) is 52.6 Å². The zero-order valence-electron chi connectivity index (χ0n) is 19.0. The zero-order chi connectivity index (χ0) is 22.8. The van der Waals surface area contributed by atoms with E-state index in [1.54, 1.807) is 0 Å². The predicted molar refractivity (Wildman–Crippen MR) is 139 cm³/mol. The number of halogens is 2. The maximum atomic E-state index is 6.57. The average Bonchev–Trinajstić information content (AvgIpc) is 3.21. The third-order valence-corrected chi connectivity index (χ3v) is 5.98. The minimum Gasteiger partial charge on any atom is -0.361 e. The Morgan fingerprint density at radius 2 is 1.91 bits per heavy atom. The molecule has 1 fully saturated rings. The van der Waals surface area contributed by atoms with Crippen molar-refractivity contribution in [1.29, 1.82) is 0 Å². The van der Waals surface area contributed by atoms with Crippen LogP contribution in [0.3, 0.4) is 0 Å². The first-order valence-electron chi connectivity index (χ1n) is 10.9. The van der Waals surface area contributed by atoms with Crippen molar-refractivity contribution in [1.82, 2.24) is 35.1 Å². The van der Waals surface area contributed by atoms with E-state index in [1.165, 1.54) is 11.9 Å². The van der Waals surface area contributed by atoms with Crippen molar-refractivity contribution in [2.75, 3.05) is 50.5 Å². The molecule has 0 amide bonds. The number of nitrogens with one attached hydrogen (secondary N) is 3. The molecule has 1 aliphatic rings. The molecule has 0 aliphatic carbocycles. The molecule has 5 rings (SSSR count). The Balaban J connectivity index is 0.00000274. The van der Waals surface area contributed by atoms with Gasteiger partial charge in [0.25, 0.3) is 0 Å². The first kappa shape index (κ1) is 24.2. The molecule has 4 aromatic rings. The van der Waals surface area contributed by atoms with Gasteiger partial charge < -0.3 is 20.5 Å². The summed E-state index contributed by atoms with van der Waals surface area (Å²) in [6.45, 7) is 5.10. The number of benzene rings is 1. The van der Waals surface area contributed by atoms with Gasteiger partial charge in [0.15, 0.2) is 5.82 Å². The number of pyridine rings is 1. The highest BCUT2D eigenvalue weighted by atomic mass is 35.5. The van der Waals surface area contributed by atoms with E-state index in [0.29, 0.717) is 22.5 Å². The summed E-state index contributed by atoms with van der Waals surface area (Å²) in [5.41, 5.74) is 4.53. The number of anilines is 3. The van der Waals surface area contributed by atoms with E-state index in [1.807, 2.05) is 43.4 Å².